The van der Waals surface area contributed by atoms with Crippen LogP contribution in [0.5, 0.6) is 0 Å². The monoisotopic (exact) mass is 608 g/mol. The van der Waals surface area contributed by atoms with E-state index in [0.29, 0.717) is 26.1 Å². The van der Waals surface area contributed by atoms with Crippen molar-refractivity contribution in [1.82, 2.24) is 9.99 Å². The van der Waals surface area contributed by atoms with Crippen molar-refractivity contribution in [3.8, 4) is 0 Å². The average molecular weight is 609 g/mol. The van der Waals surface area contributed by atoms with E-state index >= 15 is 0 Å². The number of piperidine rings is 1. The van der Waals surface area contributed by atoms with E-state index in [4.69, 9.17) is 4.52 Å². The fourth-order valence-electron chi connectivity index (χ4n) is 5.96. The van der Waals surface area contributed by atoms with Crippen LogP contribution in [0.4, 0.5) is 0 Å². The van der Waals surface area contributed by atoms with Gasteiger partial charge in [0.1, 0.15) is 0 Å². The third-order valence-corrected chi connectivity index (χ3v) is 16.5. The van der Waals surface area contributed by atoms with Crippen molar-refractivity contribution in [2.24, 2.45) is 5.41 Å². The Morgan fingerprint density at radius 1 is 0.810 bits per heavy atom. The summed E-state index contributed by atoms with van der Waals surface area (Å²) in [7, 11) is -5.50. The molecule has 5 nitrogen and oxygen atoms in total. The van der Waals surface area contributed by atoms with Crippen LogP contribution in [0.3, 0.4) is 0 Å². The molecule has 0 spiro atoms. The van der Waals surface area contributed by atoms with Crippen LogP contribution in [0.15, 0.2) is 91.0 Å². The molecule has 4 rings (SSSR count). The quantitative estimate of drug-likeness (QED) is 0.259. The summed E-state index contributed by atoms with van der Waals surface area (Å²) in [5.41, 5.74) is -0.0645. The first kappa shape index (κ1) is 32.6. The molecule has 1 aliphatic heterocycles. The molecule has 1 atom stereocenters. The summed E-state index contributed by atoms with van der Waals surface area (Å²) in [6, 6.07) is 32.3. The molecule has 0 bridgehead atoms. The molecule has 0 saturated carbocycles. The zero-order chi connectivity index (χ0) is 30.4. The van der Waals surface area contributed by atoms with Gasteiger partial charge in [-0.05, 0) is 0 Å². The zero-order valence-corrected chi connectivity index (χ0v) is 28.2. The molecule has 1 fully saturated rings. The summed E-state index contributed by atoms with van der Waals surface area (Å²) >= 11 is 0. The first-order chi connectivity index (χ1) is 19.8. The maximum atomic E-state index is 14.2. The summed E-state index contributed by atoms with van der Waals surface area (Å²) in [5.74, 6) is 0.0936. The topological polar surface area (TPSA) is 58.6 Å². The molecular formula is C35H50N2O3P2. The number of hydrogen-bond acceptors (Lipinski definition) is 3. The number of rotatable bonds is 10. The molecule has 0 radical (unpaired) electrons. The second kappa shape index (κ2) is 13.6. The molecule has 228 valence electrons. The summed E-state index contributed by atoms with van der Waals surface area (Å²) in [4.78, 5) is 13.5. The number of amides is 1. The van der Waals surface area contributed by atoms with Gasteiger partial charge >= 0.3 is 234 Å². The Hall–Kier alpha value is -2.29. The summed E-state index contributed by atoms with van der Waals surface area (Å²) in [6.07, 6.45) is 2.78. The van der Waals surface area contributed by atoms with Gasteiger partial charge in [-0.2, -0.15) is 0 Å². The molecule has 42 heavy (non-hydrogen) atoms. The molecule has 1 unspecified atom stereocenters. The summed E-state index contributed by atoms with van der Waals surface area (Å²) < 4.78 is 22.5. The SMILES string of the molecule is CC(C)(C)COP(=O)(N1CCC(NC(=O)CC[PH](c2ccccc2)(c2ccccc2)c2ccccc2)CC1)C(C)(C)C. The standard InChI is InChI=1S/C35H50N2O3P2/c1-34(2,3)28-40-42(39,35(4,5)6)37-25-22-29(23-26-37)36-33(38)24-27-41(30-16-10-7-11-17-30,31-18-12-8-13-19-31)32-20-14-9-15-21-32/h7-21,29,41H,22-28H2,1-6H3,(H,36,38). The van der Waals surface area contributed by atoms with Crippen molar-refractivity contribution < 1.29 is 13.9 Å². The molecule has 3 aromatic carbocycles. The predicted octanol–water partition coefficient (Wildman–Crippen LogP) is 6.74. The van der Waals surface area contributed by atoms with Crippen LogP contribution in [-0.4, -0.2) is 47.6 Å². The summed E-state index contributed by atoms with van der Waals surface area (Å²) in [5, 5.41) is 6.81. The molecule has 0 aromatic heterocycles. The van der Waals surface area contributed by atoms with Gasteiger partial charge in [0, 0.05) is 0 Å². The van der Waals surface area contributed by atoms with Crippen molar-refractivity contribution in [2.45, 2.75) is 72.0 Å². The van der Waals surface area contributed by atoms with Gasteiger partial charge in [-0.1, -0.05) is 20.8 Å². The number of benzene rings is 3. The predicted molar refractivity (Wildman–Crippen MR) is 182 cm³/mol. The normalized spacial score (nSPS) is 17.4. The van der Waals surface area contributed by atoms with Crippen molar-refractivity contribution in [1.29, 1.82) is 0 Å². The van der Waals surface area contributed by atoms with Gasteiger partial charge in [0.2, 0.25) is 0 Å². The molecule has 0 aliphatic carbocycles. The van der Waals surface area contributed by atoms with E-state index in [1.165, 1.54) is 15.9 Å². The van der Waals surface area contributed by atoms with Crippen LogP contribution >= 0.6 is 14.8 Å². The Morgan fingerprint density at radius 3 is 1.62 bits per heavy atom. The Bertz CT molecular complexity index is 1230. The Balaban J connectivity index is 1.47. The minimum atomic E-state index is -3.05. The second-order valence-electron chi connectivity index (χ2n) is 13.8. The molecule has 1 saturated heterocycles. The molecule has 1 N–H and O–H groups in total. The Morgan fingerprint density at radius 2 is 1.24 bits per heavy atom. The van der Waals surface area contributed by atoms with E-state index in [1.54, 1.807) is 0 Å². The number of nitrogens with one attached hydrogen (secondary N) is 1. The molecule has 3 aromatic rings. The van der Waals surface area contributed by atoms with E-state index < -0.39 is 19.9 Å². The Kier molecular flexibility index (Phi) is 10.5. The maximum absolute atomic E-state index is 14.2. The van der Waals surface area contributed by atoms with Gasteiger partial charge < -0.3 is 0 Å². The van der Waals surface area contributed by atoms with Gasteiger partial charge in [0.05, 0.1) is 0 Å². The number of carbonyl (C=O) groups excluding carboxylic acids is 1. The fourth-order valence-corrected chi connectivity index (χ4v) is 13.4. The van der Waals surface area contributed by atoms with E-state index in [-0.39, 0.29) is 17.4 Å². The van der Waals surface area contributed by atoms with E-state index in [1.807, 2.05) is 20.8 Å². The zero-order valence-electron chi connectivity index (χ0n) is 26.3. The van der Waals surface area contributed by atoms with Crippen LogP contribution < -0.4 is 21.2 Å². The average Bonchev–Trinajstić information content (AvgIpc) is 2.97. The van der Waals surface area contributed by atoms with E-state index in [0.717, 1.165) is 19.0 Å². The minimum absolute atomic E-state index is 0.0645. The number of nitrogens with zero attached hydrogens (tertiary/aromatic N) is 1. The molecule has 1 heterocycles. The molecule has 1 aliphatic rings. The number of hydrogen-bond donors (Lipinski definition) is 1. The molecule has 1 amide bonds. The van der Waals surface area contributed by atoms with Gasteiger partial charge in [0.25, 0.3) is 0 Å². The van der Waals surface area contributed by atoms with Crippen LogP contribution in [0.2, 0.25) is 0 Å². The second-order valence-corrected chi connectivity index (χ2v) is 21.1. The van der Waals surface area contributed by atoms with Crippen LogP contribution in [0, 0.1) is 5.41 Å². The fraction of sp³-hybridized carbons (Fsp3) is 0.457. The summed E-state index contributed by atoms with van der Waals surface area (Å²) in [6.45, 7) is 14.1. The van der Waals surface area contributed by atoms with Crippen LogP contribution in [0.25, 0.3) is 0 Å². The van der Waals surface area contributed by atoms with Crippen molar-refractivity contribution in [2.75, 3.05) is 25.9 Å². The van der Waals surface area contributed by atoms with E-state index in [2.05, 4.69) is 122 Å². The van der Waals surface area contributed by atoms with Crippen molar-refractivity contribution in [3.05, 3.63) is 91.0 Å². The van der Waals surface area contributed by atoms with Crippen LogP contribution in [-0.2, 0) is 13.9 Å². The first-order valence-electron chi connectivity index (χ1n) is 15.3. The van der Waals surface area contributed by atoms with Gasteiger partial charge in [0.15, 0.2) is 0 Å². The van der Waals surface area contributed by atoms with Gasteiger partial charge in [-0.3, -0.25) is 0 Å². The van der Waals surface area contributed by atoms with Gasteiger partial charge in [-0.25, -0.2) is 0 Å². The third-order valence-electron chi connectivity index (χ3n) is 8.26. The van der Waals surface area contributed by atoms with Crippen molar-refractivity contribution >= 4 is 36.6 Å². The third kappa shape index (κ3) is 7.61. The van der Waals surface area contributed by atoms with E-state index in [9.17, 15) is 9.36 Å². The van der Waals surface area contributed by atoms with Crippen molar-refractivity contribution in [3.63, 3.8) is 0 Å². The molecular weight excluding hydrogens is 558 g/mol. The first-order valence-corrected chi connectivity index (χ1v) is 19.1. The van der Waals surface area contributed by atoms with Crippen LogP contribution in [0.1, 0.15) is 60.8 Å². The Labute approximate surface area is 254 Å². The number of carbonyl (C=O) groups is 1. The van der Waals surface area contributed by atoms with Gasteiger partial charge in [-0.15, -0.1) is 0 Å². The molecule has 7 heteroatoms.